The van der Waals surface area contributed by atoms with Crippen LogP contribution in [0.2, 0.25) is 0 Å². The zero-order valence-electron chi connectivity index (χ0n) is 17.4. The Morgan fingerprint density at radius 3 is 2.53 bits per heavy atom. The van der Waals surface area contributed by atoms with Crippen LogP contribution < -0.4 is 16.4 Å². The quantitative estimate of drug-likeness (QED) is 0.340. The molecule has 0 spiro atoms. The minimum absolute atomic E-state index is 0.235. The number of hydrogen-bond acceptors (Lipinski definition) is 6. The van der Waals surface area contributed by atoms with Gasteiger partial charge in [0.25, 0.3) is 0 Å². The summed E-state index contributed by atoms with van der Waals surface area (Å²) < 4.78 is 0. The van der Waals surface area contributed by atoms with Crippen LogP contribution in [-0.2, 0) is 25.6 Å². The topological polar surface area (TPSA) is 171 Å². The Morgan fingerprint density at radius 2 is 1.97 bits per heavy atom. The number of aliphatic carboxylic acids is 1. The number of aromatic amines is 1. The van der Waals surface area contributed by atoms with E-state index in [0.717, 1.165) is 0 Å². The molecule has 1 aromatic heterocycles. The first-order valence-corrected chi connectivity index (χ1v) is 9.98. The summed E-state index contributed by atoms with van der Waals surface area (Å²) in [7, 11) is 0. The third-order valence-corrected chi connectivity index (χ3v) is 5.13. The predicted octanol–water partition coefficient (Wildman–Crippen LogP) is -0.999. The lowest BCUT2D eigenvalue weighted by Gasteiger charge is -2.28. The van der Waals surface area contributed by atoms with E-state index in [0.29, 0.717) is 25.1 Å². The highest BCUT2D eigenvalue weighted by Gasteiger charge is 2.37. The van der Waals surface area contributed by atoms with Crippen molar-refractivity contribution in [2.75, 3.05) is 6.54 Å². The number of carbonyl (C=O) groups is 4. The minimum Gasteiger partial charge on any atom is -0.480 e. The second kappa shape index (κ2) is 10.2. The van der Waals surface area contributed by atoms with Crippen LogP contribution in [0.5, 0.6) is 0 Å². The van der Waals surface area contributed by atoms with Crippen molar-refractivity contribution in [2.45, 2.75) is 64.2 Å². The molecule has 11 nitrogen and oxygen atoms in total. The van der Waals surface area contributed by atoms with E-state index in [2.05, 4.69) is 20.6 Å². The molecule has 1 aliphatic rings. The van der Waals surface area contributed by atoms with Crippen molar-refractivity contribution < 1.29 is 24.3 Å². The van der Waals surface area contributed by atoms with Gasteiger partial charge in [0.2, 0.25) is 17.7 Å². The molecule has 0 bridgehead atoms. The van der Waals surface area contributed by atoms with Gasteiger partial charge in [0.1, 0.15) is 18.1 Å². The first-order valence-electron chi connectivity index (χ1n) is 9.98. The molecule has 0 aromatic carbocycles. The fraction of sp³-hybridized carbons (Fsp3) is 0.632. The smallest absolute Gasteiger partial charge is 0.326 e. The van der Waals surface area contributed by atoms with E-state index in [4.69, 9.17) is 5.73 Å². The van der Waals surface area contributed by atoms with Gasteiger partial charge in [-0.25, -0.2) is 9.78 Å². The van der Waals surface area contributed by atoms with E-state index in [1.165, 1.54) is 18.2 Å². The molecular weight excluding hydrogens is 392 g/mol. The largest absolute Gasteiger partial charge is 0.480 e. The van der Waals surface area contributed by atoms with Crippen molar-refractivity contribution >= 4 is 23.7 Å². The molecule has 1 fully saturated rings. The number of rotatable bonds is 9. The number of carbonyl (C=O) groups excluding carboxylic acids is 3. The maximum absolute atomic E-state index is 12.7. The molecule has 1 aromatic rings. The highest BCUT2D eigenvalue weighted by molar-refractivity contribution is 5.94. The lowest BCUT2D eigenvalue weighted by molar-refractivity contribution is -0.149. The van der Waals surface area contributed by atoms with Crippen molar-refractivity contribution in [3.05, 3.63) is 18.2 Å². The molecule has 0 saturated carbocycles. The van der Waals surface area contributed by atoms with E-state index < -0.39 is 47.9 Å². The molecule has 0 radical (unpaired) electrons. The van der Waals surface area contributed by atoms with Crippen molar-refractivity contribution in [3.63, 3.8) is 0 Å². The Labute approximate surface area is 174 Å². The summed E-state index contributed by atoms with van der Waals surface area (Å²) in [5.41, 5.74) is 6.62. The molecule has 0 aliphatic carbocycles. The predicted molar refractivity (Wildman–Crippen MR) is 107 cm³/mol. The Bertz CT molecular complexity index is 765. The molecule has 166 valence electrons. The number of H-pyrrole nitrogens is 1. The van der Waals surface area contributed by atoms with Crippen LogP contribution in [0.25, 0.3) is 0 Å². The number of imidazole rings is 1. The highest BCUT2D eigenvalue weighted by Crippen LogP contribution is 2.18. The summed E-state index contributed by atoms with van der Waals surface area (Å²) in [6.45, 7) is 5.36. The van der Waals surface area contributed by atoms with Crippen LogP contribution in [0.3, 0.4) is 0 Å². The Morgan fingerprint density at radius 1 is 1.27 bits per heavy atom. The number of nitrogens with zero attached hydrogens (tertiary/aromatic N) is 2. The molecule has 3 amide bonds. The Kier molecular flexibility index (Phi) is 7.93. The van der Waals surface area contributed by atoms with Gasteiger partial charge >= 0.3 is 5.97 Å². The van der Waals surface area contributed by atoms with Crippen molar-refractivity contribution in [2.24, 2.45) is 11.7 Å². The average Bonchev–Trinajstić information content (AvgIpc) is 3.36. The molecule has 4 atom stereocenters. The van der Waals surface area contributed by atoms with Crippen LogP contribution in [-0.4, -0.2) is 74.4 Å². The lowest BCUT2D eigenvalue weighted by atomic mass is 10.0. The molecule has 30 heavy (non-hydrogen) atoms. The second-order valence-corrected chi connectivity index (χ2v) is 7.88. The first kappa shape index (κ1) is 23.3. The Balaban J connectivity index is 1.96. The third-order valence-electron chi connectivity index (χ3n) is 5.13. The summed E-state index contributed by atoms with van der Waals surface area (Å²) in [5, 5.41) is 14.5. The standard InChI is InChI=1S/C19H30N6O5/c1-10(2)15(24-16(26)13(20)7-12-8-21-9-22-12)17(27)23-11(3)18(28)25-6-4-5-14(25)19(29)30/h8-11,13-15H,4-7,20H2,1-3H3,(H,21,22)(H,23,27)(H,24,26)(H,29,30). The molecule has 4 unspecified atom stereocenters. The Hall–Kier alpha value is -2.95. The molecule has 1 saturated heterocycles. The zero-order valence-corrected chi connectivity index (χ0v) is 17.4. The summed E-state index contributed by atoms with van der Waals surface area (Å²) in [4.78, 5) is 57.1. The number of likely N-dealkylation sites (tertiary alicyclic amines) is 1. The number of nitrogens with one attached hydrogen (secondary N) is 3. The fourth-order valence-corrected chi connectivity index (χ4v) is 3.42. The third kappa shape index (κ3) is 5.78. The van der Waals surface area contributed by atoms with E-state index in [9.17, 15) is 24.3 Å². The van der Waals surface area contributed by atoms with Crippen molar-refractivity contribution in [1.82, 2.24) is 25.5 Å². The monoisotopic (exact) mass is 422 g/mol. The van der Waals surface area contributed by atoms with Crippen LogP contribution in [0.4, 0.5) is 0 Å². The van der Waals surface area contributed by atoms with Crippen LogP contribution in [0.1, 0.15) is 39.3 Å². The minimum atomic E-state index is -1.06. The number of nitrogens with two attached hydrogens (primary N) is 1. The number of carboxylic acids is 1. The molecule has 6 N–H and O–H groups in total. The van der Waals surface area contributed by atoms with Gasteiger partial charge in [0, 0.05) is 24.9 Å². The van der Waals surface area contributed by atoms with Gasteiger partial charge in [0.05, 0.1) is 12.4 Å². The van der Waals surface area contributed by atoms with Crippen molar-refractivity contribution in [1.29, 1.82) is 0 Å². The molecule has 2 heterocycles. The normalized spacial score (nSPS) is 19.2. The van der Waals surface area contributed by atoms with E-state index in [-0.39, 0.29) is 12.3 Å². The SMILES string of the molecule is CC(NC(=O)C(NC(=O)C(N)Cc1cnc[nH]1)C(C)C)C(=O)N1CCCC1C(=O)O. The number of carboxylic acid groups (broad SMARTS) is 1. The van der Waals surface area contributed by atoms with Gasteiger partial charge in [0.15, 0.2) is 0 Å². The van der Waals surface area contributed by atoms with Crippen LogP contribution >= 0.6 is 0 Å². The van der Waals surface area contributed by atoms with Crippen molar-refractivity contribution in [3.8, 4) is 0 Å². The lowest BCUT2D eigenvalue weighted by Crippen LogP contribution is -2.58. The van der Waals surface area contributed by atoms with Gasteiger partial charge in [-0.05, 0) is 25.7 Å². The number of hydrogen-bond donors (Lipinski definition) is 5. The molecule has 2 rings (SSSR count). The summed E-state index contributed by atoms with van der Waals surface area (Å²) in [6, 6.07) is -3.57. The van der Waals surface area contributed by atoms with Crippen LogP contribution in [0.15, 0.2) is 12.5 Å². The maximum atomic E-state index is 12.7. The van der Waals surface area contributed by atoms with Gasteiger partial charge in [-0.15, -0.1) is 0 Å². The zero-order chi connectivity index (χ0) is 22.4. The van der Waals surface area contributed by atoms with Gasteiger partial charge in [-0.2, -0.15) is 0 Å². The van der Waals surface area contributed by atoms with Gasteiger partial charge in [-0.3, -0.25) is 14.4 Å². The van der Waals surface area contributed by atoms with Crippen LogP contribution in [0, 0.1) is 5.92 Å². The van der Waals surface area contributed by atoms with E-state index >= 15 is 0 Å². The second-order valence-electron chi connectivity index (χ2n) is 7.88. The fourth-order valence-electron chi connectivity index (χ4n) is 3.42. The highest BCUT2D eigenvalue weighted by atomic mass is 16.4. The van der Waals surface area contributed by atoms with Gasteiger partial charge < -0.3 is 31.4 Å². The van der Waals surface area contributed by atoms with E-state index in [1.807, 2.05) is 0 Å². The molecular formula is C19H30N6O5. The average molecular weight is 422 g/mol. The molecule has 11 heteroatoms. The molecule has 1 aliphatic heterocycles. The maximum Gasteiger partial charge on any atom is 0.326 e. The number of aromatic nitrogens is 2. The van der Waals surface area contributed by atoms with E-state index in [1.54, 1.807) is 20.0 Å². The summed E-state index contributed by atoms with van der Waals surface area (Å²) in [5.74, 6) is -2.80. The summed E-state index contributed by atoms with van der Waals surface area (Å²) >= 11 is 0. The van der Waals surface area contributed by atoms with Gasteiger partial charge in [-0.1, -0.05) is 13.8 Å². The first-order chi connectivity index (χ1) is 14.1. The number of amides is 3. The summed E-state index contributed by atoms with van der Waals surface area (Å²) in [6.07, 6.45) is 4.27.